The quantitative estimate of drug-likeness (QED) is 0.336. The molecule has 0 saturated carbocycles. The van der Waals surface area contributed by atoms with Crippen molar-refractivity contribution in [2.24, 2.45) is 0 Å². The second-order valence-electron chi connectivity index (χ2n) is 1.55. The molecule has 0 heterocycles. The van der Waals surface area contributed by atoms with Gasteiger partial charge in [-0.3, -0.25) is 4.89 Å². The third-order valence-electron chi connectivity index (χ3n) is 0.587. The van der Waals surface area contributed by atoms with Gasteiger partial charge in [0.2, 0.25) is 0 Å². The zero-order valence-electron chi connectivity index (χ0n) is 5.69. The summed E-state index contributed by atoms with van der Waals surface area (Å²) in [5.41, 5.74) is 0. The van der Waals surface area contributed by atoms with Gasteiger partial charge in [-0.2, -0.15) is 8.78 Å². The van der Waals surface area contributed by atoms with E-state index in [1.54, 1.807) is 0 Å². The van der Waals surface area contributed by atoms with Crippen LogP contribution < -0.4 is 0 Å². The third kappa shape index (κ3) is 5.72. The van der Waals surface area contributed by atoms with Crippen LogP contribution in [0.1, 0.15) is 0 Å². The fraction of sp³-hybridized carbons (Fsp3) is 0.333. The smallest absolute Gasteiger partial charge is 0.299 e. The van der Waals surface area contributed by atoms with Crippen LogP contribution in [0.2, 0.25) is 0 Å². The van der Waals surface area contributed by atoms with Crippen molar-refractivity contribution >= 4 is 7.82 Å². The Morgan fingerprint density at radius 3 is 2.38 bits per heavy atom. The maximum atomic E-state index is 12.0. The highest BCUT2D eigenvalue weighted by Gasteiger charge is 2.34. The first-order chi connectivity index (χ1) is 5.83. The first kappa shape index (κ1) is 12.5. The monoisotopic (exact) mass is 226 g/mol. The molecule has 13 heavy (non-hydrogen) atoms. The van der Waals surface area contributed by atoms with Crippen molar-refractivity contribution < 1.29 is 41.4 Å². The van der Waals surface area contributed by atoms with Crippen molar-refractivity contribution in [3.8, 4) is 0 Å². The number of alkyl halides is 2. The Morgan fingerprint density at radius 2 is 2.00 bits per heavy atom. The average Bonchev–Trinajstić information content (AvgIpc) is 2.02. The van der Waals surface area contributed by atoms with Gasteiger partial charge in [-0.15, -0.1) is 9.56 Å². The number of hydrogen-bond donors (Lipinski definition) is 1. The molecule has 10 heteroatoms. The molecule has 0 aliphatic carbocycles. The number of phosphoric acid groups is 1. The van der Waals surface area contributed by atoms with E-state index in [0.717, 1.165) is 0 Å². The molecular weight excluding hydrogens is 223 g/mol. The van der Waals surface area contributed by atoms with Crippen molar-refractivity contribution in [2.75, 3.05) is 0 Å². The van der Waals surface area contributed by atoms with E-state index in [-0.39, 0.29) is 0 Å². The second-order valence-corrected chi connectivity index (χ2v) is 2.77. The highest BCUT2D eigenvalue weighted by Crippen LogP contribution is 2.45. The lowest BCUT2D eigenvalue weighted by Gasteiger charge is -2.10. The Bertz CT molecular complexity index is 230. The minimum atomic E-state index is -5.32. The molecule has 5 nitrogen and oxygen atoms in total. The van der Waals surface area contributed by atoms with E-state index in [2.05, 4.69) is 14.3 Å². The number of hydrogen-bond acceptors (Lipinski definition) is 4. The Labute approximate surface area is 69.0 Å². The van der Waals surface area contributed by atoms with Crippen molar-refractivity contribution in [2.45, 2.75) is 6.11 Å². The molecule has 0 radical (unpaired) electrons. The van der Waals surface area contributed by atoms with Crippen molar-refractivity contribution in [3.05, 3.63) is 12.4 Å². The van der Waals surface area contributed by atoms with Gasteiger partial charge < -0.3 is 0 Å². The summed E-state index contributed by atoms with van der Waals surface area (Å²) in [6.07, 6.45) is -5.33. The van der Waals surface area contributed by atoms with Gasteiger partial charge in [0, 0.05) is 6.08 Å². The van der Waals surface area contributed by atoms with Crippen LogP contribution in [0.4, 0.5) is 17.7 Å². The molecule has 0 saturated heterocycles. The summed E-state index contributed by atoms with van der Waals surface area (Å²) in [7, 11) is -5.32. The summed E-state index contributed by atoms with van der Waals surface area (Å²) in [5.74, 6) is 0. The molecule has 0 spiro atoms. The van der Waals surface area contributed by atoms with Crippen LogP contribution in [0, 0.1) is 0 Å². The standard InChI is InChI=1S/C3H3F4O5P/c4-2-1-3(5,6)10-12-13(8,9)11-7/h1-2H,(H,8,9). The Hall–Kier alpha value is -0.470. The van der Waals surface area contributed by atoms with Gasteiger partial charge in [-0.05, 0) is 4.53 Å². The van der Waals surface area contributed by atoms with Crippen molar-refractivity contribution in [1.29, 1.82) is 0 Å². The van der Waals surface area contributed by atoms with Crippen LogP contribution in [0.5, 0.6) is 0 Å². The summed E-state index contributed by atoms with van der Waals surface area (Å²) in [6, 6.07) is 0. The molecule has 1 unspecified atom stereocenters. The molecule has 0 aromatic rings. The van der Waals surface area contributed by atoms with Gasteiger partial charge in [0.15, 0.2) is 0 Å². The molecule has 78 valence electrons. The van der Waals surface area contributed by atoms with Crippen LogP contribution in [0.25, 0.3) is 0 Å². The fourth-order valence-corrected chi connectivity index (χ4v) is 0.426. The van der Waals surface area contributed by atoms with E-state index >= 15 is 0 Å². The summed E-state index contributed by atoms with van der Waals surface area (Å²) in [4.78, 5) is 10.9. The Morgan fingerprint density at radius 1 is 1.46 bits per heavy atom. The van der Waals surface area contributed by atoms with Crippen molar-refractivity contribution in [3.63, 3.8) is 0 Å². The summed E-state index contributed by atoms with van der Waals surface area (Å²) in [6.45, 7) is 0. The van der Waals surface area contributed by atoms with Gasteiger partial charge in [0.05, 0.1) is 6.33 Å². The maximum Gasteiger partial charge on any atom is 0.530 e. The third-order valence-corrected chi connectivity index (χ3v) is 1.02. The van der Waals surface area contributed by atoms with Gasteiger partial charge in [-0.1, -0.05) is 4.73 Å². The molecule has 0 aliphatic heterocycles. The van der Waals surface area contributed by atoms with Gasteiger partial charge in [0.1, 0.15) is 0 Å². The molecule has 0 bridgehead atoms. The summed E-state index contributed by atoms with van der Waals surface area (Å²) >= 11 is 0. The SMILES string of the molecule is O=P(O)(OF)OOC(F)(F)C=CF. The van der Waals surface area contributed by atoms with Crippen LogP contribution >= 0.6 is 7.82 Å². The van der Waals surface area contributed by atoms with Crippen LogP contribution in [-0.4, -0.2) is 11.0 Å². The molecule has 0 aromatic heterocycles. The first-order valence-corrected chi connectivity index (χ1v) is 3.99. The van der Waals surface area contributed by atoms with E-state index < -0.39 is 26.3 Å². The van der Waals surface area contributed by atoms with Crippen LogP contribution in [0.3, 0.4) is 0 Å². The number of halogens is 4. The zero-order chi connectivity index (χ0) is 10.5. The van der Waals surface area contributed by atoms with Crippen LogP contribution in [-0.2, 0) is 18.9 Å². The van der Waals surface area contributed by atoms with Crippen molar-refractivity contribution in [1.82, 2.24) is 0 Å². The minimum Gasteiger partial charge on any atom is -0.299 e. The summed E-state index contributed by atoms with van der Waals surface area (Å²) < 4.78 is 61.3. The lowest BCUT2D eigenvalue weighted by atomic mass is 10.6. The van der Waals surface area contributed by atoms with E-state index in [4.69, 9.17) is 4.89 Å². The van der Waals surface area contributed by atoms with Gasteiger partial charge in [-0.25, -0.2) is 8.96 Å². The molecule has 0 fully saturated rings. The van der Waals surface area contributed by atoms with E-state index in [9.17, 15) is 22.3 Å². The predicted octanol–water partition coefficient (Wildman–Crippen LogP) is 2.01. The predicted molar refractivity (Wildman–Crippen MR) is 29.4 cm³/mol. The lowest BCUT2D eigenvalue weighted by molar-refractivity contribution is -0.379. The molecule has 0 aromatic carbocycles. The average molecular weight is 226 g/mol. The zero-order valence-corrected chi connectivity index (χ0v) is 6.59. The highest BCUT2D eigenvalue weighted by molar-refractivity contribution is 7.47. The molecule has 0 rings (SSSR count). The summed E-state index contributed by atoms with van der Waals surface area (Å²) in [5, 5.41) is 0. The molecule has 0 aliphatic rings. The topological polar surface area (TPSA) is 65.0 Å². The fourth-order valence-electron chi connectivity index (χ4n) is 0.209. The molecule has 1 atom stereocenters. The second kappa shape index (κ2) is 4.68. The first-order valence-electron chi connectivity index (χ1n) is 2.49. The van der Waals surface area contributed by atoms with Crippen LogP contribution in [0.15, 0.2) is 12.4 Å². The van der Waals surface area contributed by atoms with Gasteiger partial charge >= 0.3 is 13.9 Å². The minimum absolute atomic E-state index is 0.439. The van der Waals surface area contributed by atoms with E-state index in [1.807, 2.05) is 0 Å². The van der Waals surface area contributed by atoms with Gasteiger partial charge in [0.25, 0.3) is 0 Å². The van der Waals surface area contributed by atoms with E-state index in [0.29, 0.717) is 0 Å². The Kier molecular flexibility index (Phi) is 4.51. The largest absolute Gasteiger partial charge is 0.530 e. The Balaban J connectivity index is 4.09. The normalized spacial score (nSPS) is 17.6. The van der Waals surface area contributed by atoms with E-state index in [1.165, 1.54) is 0 Å². The molecular formula is C3H3F4O5P. The number of rotatable bonds is 5. The maximum absolute atomic E-state index is 12.0. The lowest BCUT2D eigenvalue weighted by Crippen LogP contribution is -2.16. The molecule has 0 amide bonds. The highest BCUT2D eigenvalue weighted by atomic mass is 31.2. The molecule has 1 N–H and O–H groups in total.